The van der Waals surface area contributed by atoms with Crippen LogP contribution in [0.2, 0.25) is 10.0 Å². The predicted molar refractivity (Wildman–Crippen MR) is 88.2 cm³/mol. The van der Waals surface area contributed by atoms with E-state index in [1.165, 1.54) is 0 Å². The third-order valence-corrected chi connectivity index (χ3v) is 4.18. The molecule has 2 aromatic heterocycles. The van der Waals surface area contributed by atoms with E-state index in [1.54, 1.807) is 6.07 Å². The summed E-state index contributed by atoms with van der Waals surface area (Å²) in [7, 11) is 0. The molecule has 0 unspecified atom stereocenters. The van der Waals surface area contributed by atoms with Gasteiger partial charge in [0, 0.05) is 17.0 Å². The number of para-hydroxylation sites is 2. The van der Waals surface area contributed by atoms with Crippen molar-refractivity contribution >= 4 is 56.3 Å². The molecule has 0 aliphatic rings. The second-order valence-corrected chi connectivity index (χ2v) is 5.76. The first-order valence-corrected chi connectivity index (χ1v) is 7.48. The van der Waals surface area contributed by atoms with Crippen LogP contribution in [0.1, 0.15) is 6.92 Å². The first-order valence-electron chi connectivity index (χ1n) is 6.72. The van der Waals surface area contributed by atoms with Gasteiger partial charge >= 0.3 is 0 Å². The molecular formula is C16H11Cl2N3. The van der Waals surface area contributed by atoms with E-state index in [0.29, 0.717) is 10.0 Å². The van der Waals surface area contributed by atoms with Gasteiger partial charge in [0.1, 0.15) is 5.52 Å². The Kier molecular flexibility index (Phi) is 2.81. The highest BCUT2D eigenvalue weighted by Crippen LogP contribution is 2.35. The molecule has 104 valence electrons. The monoisotopic (exact) mass is 315 g/mol. The van der Waals surface area contributed by atoms with Gasteiger partial charge in [0.2, 0.25) is 0 Å². The minimum atomic E-state index is 0.609. The molecule has 2 aromatic carbocycles. The van der Waals surface area contributed by atoms with Crippen molar-refractivity contribution in [1.82, 2.24) is 14.5 Å². The number of hydrogen-bond acceptors (Lipinski definition) is 2. The summed E-state index contributed by atoms with van der Waals surface area (Å²) in [6, 6.07) is 11.5. The van der Waals surface area contributed by atoms with Gasteiger partial charge in [0.25, 0.3) is 0 Å². The number of aromatic nitrogens is 3. The summed E-state index contributed by atoms with van der Waals surface area (Å²) < 4.78 is 2.09. The molecule has 0 amide bonds. The molecule has 4 aromatic rings. The summed E-state index contributed by atoms with van der Waals surface area (Å²) >= 11 is 12.5. The quantitative estimate of drug-likeness (QED) is 0.491. The van der Waals surface area contributed by atoms with Crippen LogP contribution in [-0.4, -0.2) is 14.5 Å². The molecule has 0 saturated heterocycles. The van der Waals surface area contributed by atoms with Crippen LogP contribution in [-0.2, 0) is 6.54 Å². The Bertz CT molecular complexity index is 1000. The van der Waals surface area contributed by atoms with Crippen LogP contribution in [0, 0.1) is 0 Å². The fourth-order valence-corrected chi connectivity index (χ4v) is 3.39. The van der Waals surface area contributed by atoms with Gasteiger partial charge in [0.05, 0.1) is 21.6 Å². The first-order chi connectivity index (χ1) is 10.2. The number of halogens is 2. The van der Waals surface area contributed by atoms with E-state index >= 15 is 0 Å². The third-order valence-electron chi connectivity index (χ3n) is 3.68. The van der Waals surface area contributed by atoms with Crippen molar-refractivity contribution in [3.05, 3.63) is 46.4 Å². The molecule has 0 aliphatic heterocycles. The Hall–Kier alpha value is -1.84. The highest BCUT2D eigenvalue weighted by molar-refractivity contribution is 6.39. The van der Waals surface area contributed by atoms with Crippen LogP contribution in [0.4, 0.5) is 0 Å². The lowest BCUT2D eigenvalue weighted by atomic mass is 10.2. The molecule has 0 atom stereocenters. The van der Waals surface area contributed by atoms with Gasteiger partial charge in [-0.1, -0.05) is 35.3 Å². The van der Waals surface area contributed by atoms with E-state index in [1.807, 2.05) is 30.3 Å². The number of rotatable bonds is 1. The minimum absolute atomic E-state index is 0.609. The lowest BCUT2D eigenvalue weighted by Gasteiger charge is -2.04. The van der Waals surface area contributed by atoms with E-state index < -0.39 is 0 Å². The standard InChI is InChI=1S/C16H11Cl2N3/c1-2-21-15-10(7-9(17)8-11(15)18)14-16(21)20-13-6-4-3-5-12(13)19-14/h3-8H,2H2,1H3. The Morgan fingerprint density at radius 2 is 1.76 bits per heavy atom. The minimum Gasteiger partial charge on any atom is -0.323 e. The normalized spacial score (nSPS) is 11.8. The molecule has 0 N–H and O–H groups in total. The second kappa shape index (κ2) is 4.58. The number of hydrogen-bond donors (Lipinski definition) is 0. The van der Waals surface area contributed by atoms with Crippen LogP contribution < -0.4 is 0 Å². The number of benzene rings is 2. The highest BCUT2D eigenvalue weighted by Gasteiger charge is 2.16. The second-order valence-electron chi connectivity index (χ2n) is 4.91. The van der Waals surface area contributed by atoms with Crippen molar-refractivity contribution in [3.63, 3.8) is 0 Å². The average Bonchev–Trinajstić information content (AvgIpc) is 2.78. The first kappa shape index (κ1) is 12.9. The lowest BCUT2D eigenvalue weighted by Crippen LogP contribution is -1.96. The van der Waals surface area contributed by atoms with Crippen LogP contribution in [0.15, 0.2) is 36.4 Å². The maximum absolute atomic E-state index is 6.39. The fourth-order valence-electron chi connectivity index (χ4n) is 2.79. The highest BCUT2D eigenvalue weighted by atomic mass is 35.5. The van der Waals surface area contributed by atoms with Crippen molar-refractivity contribution < 1.29 is 0 Å². The predicted octanol–water partition coefficient (Wildman–Crippen LogP) is 5.06. The molecule has 0 saturated carbocycles. The molecule has 5 heteroatoms. The SMILES string of the molecule is CCn1c2nc3ccccc3nc2c2cc(Cl)cc(Cl)c21. The van der Waals surface area contributed by atoms with Gasteiger partial charge in [-0.2, -0.15) is 0 Å². The molecule has 4 rings (SSSR count). The molecule has 0 spiro atoms. The van der Waals surface area contributed by atoms with E-state index in [9.17, 15) is 0 Å². The van der Waals surface area contributed by atoms with Gasteiger partial charge in [-0.15, -0.1) is 0 Å². The molecule has 2 heterocycles. The molecule has 21 heavy (non-hydrogen) atoms. The van der Waals surface area contributed by atoms with Crippen LogP contribution >= 0.6 is 23.2 Å². The van der Waals surface area contributed by atoms with Crippen molar-refractivity contribution in [2.24, 2.45) is 0 Å². The molecule has 0 bridgehead atoms. The lowest BCUT2D eigenvalue weighted by molar-refractivity contribution is 0.817. The Morgan fingerprint density at radius 3 is 2.48 bits per heavy atom. The Labute approximate surface area is 131 Å². The zero-order chi connectivity index (χ0) is 14.6. The van der Waals surface area contributed by atoms with Crippen LogP contribution in [0.5, 0.6) is 0 Å². The van der Waals surface area contributed by atoms with Gasteiger partial charge < -0.3 is 4.57 Å². The zero-order valence-corrected chi connectivity index (χ0v) is 12.8. The van der Waals surface area contributed by atoms with Gasteiger partial charge in [0.15, 0.2) is 5.65 Å². The largest absolute Gasteiger partial charge is 0.323 e. The van der Waals surface area contributed by atoms with E-state index in [-0.39, 0.29) is 0 Å². The van der Waals surface area contributed by atoms with E-state index in [2.05, 4.69) is 11.5 Å². The van der Waals surface area contributed by atoms with E-state index in [0.717, 1.165) is 39.6 Å². The van der Waals surface area contributed by atoms with Crippen molar-refractivity contribution in [2.45, 2.75) is 13.5 Å². The molecular weight excluding hydrogens is 305 g/mol. The average molecular weight is 316 g/mol. The summed E-state index contributed by atoms with van der Waals surface area (Å²) in [5.74, 6) is 0. The summed E-state index contributed by atoms with van der Waals surface area (Å²) in [6.07, 6.45) is 0. The molecule has 0 radical (unpaired) electrons. The zero-order valence-electron chi connectivity index (χ0n) is 11.3. The Morgan fingerprint density at radius 1 is 1.05 bits per heavy atom. The number of fused-ring (bicyclic) bond motifs is 4. The maximum Gasteiger partial charge on any atom is 0.160 e. The molecule has 0 aliphatic carbocycles. The van der Waals surface area contributed by atoms with Gasteiger partial charge in [-0.05, 0) is 31.2 Å². The molecule has 3 nitrogen and oxygen atoms in total. The maximum atomic E-state index is 6.39. The number of aryl methyl sites for hydroxylation is 1. The third kappa shape index (κ3) is 1.81. The smallest absolute Gasteiger partial charge is 0.160 e. The van der Waals surface area contributed by atoms with Crippen molar-refractivity contribution in [1.29, 1.82) is 0 Å². The van der Waals surface area contributed by atoms with Gasteiger partial charge in [-0.3, -0.25) is 0 Å². The van der Waals surface area contributed by atoms with E-state index in [4.69, 9.17) is 33.2 Å². The summed E-state index contributed by atoms with van der Waals surface area (Å²) in [6.45, 7) is 2.84. The van der Waals surface area contributed by atoms with Crippen molar-refractivity contribution in [2.75, 3.05) is 0 Å². The van der Waals surface area contributed by atoms with Crippen LogP contribution in [0.3, 0.4) is 0 Å². The fraction of sp³-hybridized carbons (Fsp3) is 0.125. The Balaban J connectivity index is 2.30. The molecule has 0 fully saturated rings. The summed E-state index contributed by atoms with van der Waals surface area (Å²) in [5.41, 5.74) is 4.38. The van der Waals surface area contributed by atoms with Crippen molar-refractivity contribution in [3.8, 4) is 0 Å². The topological polar surface area (TPSA) is 30.7 Å². The van der Waals surface area contributed by atoms with Gasteiger partial charge in [-0.25, -0.2) is 9.97 Å². The summed E-state index contributed by atoms with van der Waals surface area (Å²) in [4.78, 5) is 9.51. The summed E-state index contributed by atoms with van der Waals surface area (Å²) in [5, 5.41) is 2.18. The van der Waals surface area contributed by atoms with Crippen LogP contribution in [0.25, 0.3) is 33.1 Å². The number of nitrogens with zero attached hydrogens (tertiary/aromatic N) is 3.